The first-order valence-electron chi connectivity index (χ1n) is 8.09. The van der Waals surface area contributed by atoms with Crippen LogP contribution in [0.3, 0.4) is 0 Å². The average Bonchev–Trinajstić information content (AvgIpc) is 3.06. The number of benzene rings is 1. The Morgan fingerprint density at radius 1 is 1.20 bits per heavy atom. The number of hydrogen-bond acceptors (Lipinski definition) is 3. The molecule has 0 fully saturated rings. The predicted molar refractivity (Wildman–Crippen MR) is 111 cm³/mol. The molecule has 2 aromatic rings. The quantitative estimate of drug-likeness (QED) is 0.339. The molecule has 0 aliphatic heterocycles. The lowest BCUT2D eigenvalue weighted by Gasteiger charge is -2.10. The van der Waals surface area contributed by atoms with E-state index < -0.39 is 0 Å². The van der Waals surface area contributed by atoms with Crippen molar-refractivity contribution in [1.29, 1.82) is 0 Å². The largest absolute Gasteiger partial charge is 0.357 e. The Hall–Kier alpha value is -2.10. The Kier molecular flexibility index (Phi) is 9.60. The highest BCUT2D eigenvalue weighted by atomic mass is 127. The van der Waals surface area contributed by atoms with Gasteiger partial charge in [-0.25, -0.2) is 4.99 Å². The van der Waals surface area contributed by atoms with E-state index in [1.54, 1.807) is 23.1 Å². The van der Waals surface area contributed by atoms with Crippen molar-refractivity contribution in [2.24, 2.45) is 4.99 Å². The first-order chi connectivity index (χ1) is 11.7. The van der Waals surface area contributed by atoms with Gasteiger partial charge in [-0.15, -0.1) is 24.0 Å². The highest BCUT2D eigenvalue weighted by Gasteiger charge is 2.04. The van der Waals surface area contributed by atoms with Crippen LogP contribution in [0.4, 0.5) is 5.69 Å². The number of halogens is 1. The van der Waals surface area contributed by atoms with Crippen molar-refractivity contribution < 1.29 is 4.79 Å². The van der Waals surface area contributed by atoms with Crippen molar-refractivity contribution >= 4 is 41.5 Å². The molecule has 0 bridgehead atoms. The smallest absolute Gasteiger partial charge is 0.246 e. The second kappa shape index (κ2) is 11.5. The van der Waals surface area contributed by atoms with E-state index in [0.717, 1.165) is 30.3 Å². The number of guanidine groups is 1. The maximum absolute atomic E-state index is 12.0. The SMILES string of the molecule is CCNC(=NCc1cccc(NC(=O)Cn2cccn2)c1)NCC.I. The lowest BCUT2D eigenvalue weighted by Crippen LogP contribution is -2.36. The van der Waals surface area contributed by atoms with Crippen LogP contribution in [0.15, 0.2) is 47.7 Å². The second-order valence-corrected chi connectivity index (χ2v) is 5.18. The molecule has 3 N–H and O–H groups in total. The van der Waals surface area contributed by atoms with Crippen LogP contribution in [0.5, 0.6) is 0 Å². The van der Waals surface area contributed by atoms with E-state index in [1.165, 1.54) is 0 Å². The Morgan fingerprint density at radius 2 is 1.96 bits per heavy atom. The van der Waals surface area contributed by atoms with Gasteiger partial charge in [-0.05, 0) is 37.6 Å². The van der Waals surface area contributed by atoms with Gasteiger partial charge in [-0.3, -0.25) is 9.48 Å². The summed E-state index contributed by atoms with van der Waals surface area (Å²) < 4.78 is 1.59. The molecule has 0 radical (unpaired) electrons. The Bertz CT molecular complexity index is 664. The molecule has 1 heterocycles. The summed E-state index contributed by atoms with van der Waals surface area (Å²) in [5.74, 6) is 0.675. The zero-order chi connectivity index (χ0) is 17.2. The number of carbonyl (C=O) groups excluding carboxylic acids is 1. The molecule has 2 rings (SSSR count). The van der Waals surface area contributed by atoms with Crippen LogP contribution in [0, 0.1) is 0 Å². The average molecular weight is 456 g/mol. The summed E-state index contributed by atoms with van der Waals surface area (Å²) in [7, 11) is 0. The number of rotatable bonds is 7. The van der Waals surface area contributed by atoms with Gasteiger partial charge in [0.15, 0.2) is 5.96 Å². The van der Waals surface area contributed by atoms with Crippen LogP contribution in [0.25, 0.3) is 0 Å². The number of aliphatic imine (C=N–C) groups is 1. The van der Waals surface area contributed by atoms with E-state index in [1.807, 2.05) is 38.1 Å². The van der Waals surface area contributed by atoms with Crippen molar-refractivity contribution in [3.8, 4) is 0 Å². The van der Waals surface area contributed by atoms with E-state index in [-0.39, 0.29) is 36.4 Å². The van der Waals surface area contributed by atoms with Crippen molar-refractivity contribution in [2.75, 3.05) is 18.4 Å². The molecule has 0 aliphatic carbocycles. The van der Waals surface area contributed by atoms with Gasteiger partial charge < -0.3 is 16.0 Å². The summed E-state index contributed by atoms with van der Waals surface area (Å²) in [5, 5.41) is 13.3. The van der Waals surface area contributed by atoms with Crippen molar-refractivity contribution in [1.82, 2.24) is 20.4 Å². The fourth-order valence-electron chi connectivity index (χ4n) is 2.17. The van der Waals surface area contributed by atoms with Crippen molar-refractivity contribution in [3.63, 3.8) is 0 Å². The number of aromatic nitrogens is 2. The minimum atomic E-state index is -0.111. The van der Waals surface area contributed by atoms with Gasteiger partial charge in [-0.1, -0.05) is 12.1 Å². The molecule has 0 saturated heterocycles. The monoisotopic (exact) mass is 456 g/mol. The summed E-state index contributed by atoms with van der Waals surface area (Å²) >= 11 is 0. The number of nitrogens with one attached hydrogen (secondary N) is 3. The molecule has 0 aliphatic rings. The zero-order valence-electron chi connectivity index (χ0n) is 14.5. The number of amides is 1. The Morgan fingerprint density at radius 3 is 2.60 bits per heavy atom. The number of carbonyl (C=O) groups is 1. The third-order valence-electron chi connectivity index (χ3n) is 3.18. The molecule has 0 unspecified atom stereocenters. The molecule has 1 amide bonds. The number of hydrogen-bond donors (Lipinski definition) is 3. The van der Waals surface area contributed by atoms with Crippen LogP contribution in [-0.4, -0.2) is 34.7 Å². The summed E-state index contributed by atoms with van der Waals surface area (Å²) in [6, 6.07) is 9.48. The van der Waals surface area contributed by atoms with Gasteiger partial charge in [0.05, 0.1) is 6.54 Å². The van der Waals surface area contributed by atoms with Gasteiger partial charge >= 0.3 is 0 Å². The lowest BCUT2D eigenvalue weighted by molar-refractivity contribution is -0.116. The normalized spacial score (nSPS) is 9.68. The van der Waals surface area contributed by atoms with Crippen molar-refractivity contribution in [3.05, 3.63) is 48.3 Å². The van der Waals surface area contributed by atoms with Gasteiger partial charge in [0.25, 0.3) is 0 Å². The summed E-state index contributed by atoms with van der Waals surface area (Å²) in [4.78, 5) is 16.5. The van der Waals surface area contributed by atoms with E-state index >= 15 is 0 Å². The second-order valence-electron chi connectivity index (χ2n) is 5.18. The van der Waals surface area contributed by atoms with Gasteiger partial charge in [0, 0.05) is 31.2 Å². The molecular formula is C17H25IN6O. The third kappa shape index (κ3) is 7.55. The summed E-state index contributed by atoms with van der Waals surface area (Å²) in [5.41, 5.74) is 1.79. The third-order valence-corrected chi connectivity index (χ3v) is 3.18. The van der Waals surface area contributed by atoms with Crippen LogP contribution < -0.4 is 16.0 Å². The van der Waals surface area contributed by atoms with Gasteiger partial charge in [-0.2, -0.15) is 5.10 Å². The van der Waals surface area contributed by atoms with Gasteiger partial charge in [0.1, 0.15) is 6.54 Å². The molecule has 1 aromatic heterocycles. The van der Waals surface area contributed by atoms with E-state index in [9.17, 15) is 4.79 Å². The molecule has 0 saturated carbocycles. The molecule has 7 nitrogen and oxygen atoms in total. The first kappa shape index (κ1) is 20.9. The number of anilines is 1. The highest BCUT2D eigenvalue weighted by Crippen LogP contribution is 2.11. The minimum absolute atomic E-state index is 0. The molecule has 0 atom stereocenters. The van der Waals surface area contributed by atoms with E-state index in [0.29, 0.717) is 6.54 Å². The Labute approximate surface area is 165 Å². The molecule has 8 heteroatoms. The van der Waals surface area contributed by atoms with Crippen LogP contribution in [-0.2, 0) is 17.9 Å². The fourth-order valence-corrected chi connectivity index (χ4v) is 2.17. The van der Waals surface area contributed by atoms with E-state index in [4.69, 9.17) is 0 Å². The standard InChI is InChI=1S/C17H24N6O.HI/c1-3-18-17(19-4-2)20-12-14-7-5-8-15(11-14)22-16(24)13-23-10-6-9-21-23;/h5-11H,3-4,12-13H2,1-2H3,(H,22,24)(H2,18,19,20);1H. The van der Waals surface area contributed by atoms with Crippen LogP contribution in [0.2, 0.25) is 0 Å². The van der Waals surface area contributed by atoms with Crippen LogP contribution >= 0.6 is 24.0 Å². The maximum Gasteiger partial charge on any atom is 0.246 e. The first-order valence-corrected chi connectivity index (χ1v) is 8.09. The summed E-state index contributed by atoms with van der Waals surface area (Å²) in [6.07, 6.45) is 3.41. The fraction of sp³-hybridized carbons (Fsp3) is 0.353. The van der Waals surface area contributed by atoms with Crippen molar-refractivity contribution in [2.45, 2.75) is 26.9 Å². The molecular weight excluding hydrogens is 431 g/mol. The lowest BCUT2D eigenvalue weighted by atomic mass is 10.2. The highest BCUT2D eigenvalue weighted by molar-refractivity contribution is 14.0. The maximum atomic E-state index is 12.0. The summed E-state index contributed by atoms with van der Waals surface area (Å²) in [6.45, 7) is 6.43. The van der Waals surface area contributed by atoms with E-state index in [2.05, 4.69) is 26.0 Å². The predicted octanol–water partition coefficient (Wildman–Crippen LogP) is 2.21. The Balaban J connectivity index is 0.00000312. The topological polar surface area (TPSA) is 83.3 Å². The molecule has 1 aromatic carbocycles. The minimum Gasteiger partial charge on any atom is -0.357 e. The molecule has 0 spiro atoms. The van der Waals surface area contributed by atoms with Crippen LogP contribution in [0.1, 0.15) is 19.4 Å². The molecule has 25 heavy (non-hydrogen) atoms. The van der Waals surface area contributed by atoms with Gasteiger partial charge in [0.2, 0.25) is 5.91 Å². The zero-order valence-corrected chi connectivity index (χ0v) is 16.9. The number of nitrogens with zero attached hydrogens (tertiary/aromatic N) is 3. The molecule has 136 valence electrons.